The summed E-state index contributed by atoms with van der Waals surface area (Å²) in [6.07, 6.45) is 6.25. The Labute approximate surface area is 127 Å². The monoisotopic (exact) mass is 338 g/mol. The normalized spacial score (nSPS) is 28.2. The number of carbonyl (C=O) groups excluding carboxylic acids is 1. The van der Waals surface area contributed by atoms with Crippen molar-refractivity contribution in [2.75, 3.05) is 5.32 Å². The van der Waals surface area contributed by atoms with Crippen molar-refractivity contribution in [3.63, 3.8) is 0 Å². The third-order valence-corrected chi connectivity index (χ3v) is 4.54. The molecule has 2 aliphatic heterocycles. The van der Waals surface area contributed by atoms with E-state index in [0.717, 1.165) is 28.7 Å². The minimum absolute atomic E-state index is 0.140. The second kappa shape index (κ2) is 5.69. The van der Waals surface area contributed by atoms with Crippen LogP contribution in [0.25, 0.3) is 0 Å². The number of urea groups is 1. The zero-order chi connectivity index (χ0) is 14.1. The maximum absolute atomic E-state index is 12.1. The van der Waals surface area contributed by atoms with E-state index in [1.807, 2.05) is 13.0 Å². The fraction of sp³-hybridized carbons (Fsp3) is 0.571. The molecule has 2 unspecified atom stereocenters. The van der Waals surface area contributed by atoms with Gasteiger partial charge in [-0.25, -0.2) is 4.79 Å². The number of amides is 2. The molecule has 0 radical (unpaired) electrons. The lowest BCUT2D eigenvalue weighted by Gasteiger charge is -2.29. The van der Waals surface area contributed by atoms with Gasteiger partial charge in [0.25, 0.3) is 0 Å². The summed E-state index contributed by atoms with van der Waals surface area (Å²) >= 11 is 3.37. The van der Waals surface area contributed by atoms with E-state index in [1.165, 1.54) is 12.8 Å². The van der Waals surface area contributed by atoms with Gasteiger partial charge in [0.1, 0.15) is 0 Å². The van der Waals surface area contributed by atoms with Crippen LogP contribution in [0.15, 0.2) is 16.7 Å². The van der Waals surface area contributed by atoms with Crippen LogP contribution in [0.3, 0.4) is 0 Å². The van der Waals surface area contributed by atoms with Crippen LogP contribution in [-0.4, -0.2) is 29.1 Å². The number of rotatable bonds is 2. The average molecular weight is 339 g/mol. The highest BCUT2D eigenvalue weighted by Gasteiger charge is 2.33. The first-order chi connectivity index (χ1) is 9.60. The molecule has 1 aromatic heterocycles. The predicted octanol–water partition coefficient (Wildman–Crippen LogP) is 2.56. The van der Waals surface area contributed by atoms with E-state index in [2.05, 4.69) is 36.9 Å². The highest BCUT2D eigenvalue weighted by atomic mass is 79.9. The Kier molecular flexibility index (Phi) is 3.94. The van der Waals surface area contributed by atoms with E-state index in [-0.39, 0.29) is 12.1 Å². The maximum Gasteiger partial charge on any atom is 0.319 e. The molecule has 2 aliphatic rings. The van der Waals surface area contributed by atoms with Crippen molar-refractivity contribution < 1.29 is 4.79 Å². The van der Waals surface area contributed by atoms with Gasteiger partial charge in [-0.2, -0.15) is 0 Å². The lowest BCUT2D eigenvalue weighted by atomic mass is 10.0. The lowest BCUT2D eigenvalue weighted by molar-refractivity contribution is 0.240. The van der Waals surface area contributed by atoms with Gasteiger partial charge in [-0.05, 0) is 54.6 Å². The van der Waals surface area contributed by atoms with E-state index < -0.39 is 0 Å². The van der Waals surface area contributed by atoms with Crippen molar-refractivity contribution in [3.05, 3.63) is 22.4 Å². The minimum Gasteiger partial charge on any atom is -0.335 e. The number of aryl methyl sites for hydroxylation is 1. The number of pyridine rings is 1. The Morgan fingerprint density at radius 2 is 2.10 bits per heavy atom. The van der Waals surface area contributed by atoms with Crippen LogP contribution >= 0.6 is 15.9 Å². The van der Waals surface area contributed by atoms with Crippen molar-refractivity contribution in [1.82, 2.24) is 15.6 Å². The molecule has 0 aliphatic carbocycles. The van der Waals surface area contributed by atoms with Crippen LogP contribution in [0.5, 0.6) is 0 Å². The third kappa shape index (κ3) is 3.12. The van der Waals surface area contributed by atoms with Crippen LogP contribution < -0.4 is 16.0 Å². The number of piperidine rings is 1. The average Bonchev–Trinajstić information content (AvgIpc) is 2.73. The molecule has 2 atom stereocenters. The summed E-state index contributed by atoms with van der Waals surface area (Å²) in [5.74, 6) is 0. The maximum atomic E-state index is 12.1. The van der Waals surface area contributed by atoms with Gasteiger partial charge in [0.05, 0.1) is 11.4 Å². The third-order valence-electron chi connectivity index (χ3n) is 4.11. The van der Waals surface area contributed by atoms with Gasteiger partial charge in [0.2, 0.25) is 0 Å². The summed E-state index contributed by atoms with van der Waals surface area (Å²) in [5.41, 5.74) is 1.56. The quantitative estimate of drug-likeness (QED) is 0.776. The Morgan fingerprint density at radius 1 is 1.40 bits per heavy atom. The predicted molar refractivity (Wildman–Crippen MR) is 81.8 cm³/mol. The second-order valence-electron chi connectivity index (χ2n) is 5.69. The minimum atomic E-state index is -0.140. The van der Waals surface area contributed by atoms with Crippen molar-refractivity contribution in [2.24, 2.45) is 0 Å². The molecule has 3 heterocycles. The zero-order valence-corrected chi connectivity index (χ0v) is 13.0. The Balaban J connectivity index is 1.58. The van der Waals surface area contributed by atoms with Gasteiger partial charge < -0.3 is 16.0 Å². The number of halogens is 1. The first kappa shape index (κ1) is 13.8. The van der Waals surface area contributed by atoms with E-state index in [9.17, 15) is 4.79 Å². The SMILES string of the molecule is Cc1ncc(Br)cc1NC(=O)NC1CC2CCC(C1)N2. The summed E-state index contributed by atoms with van der Waals surface area (Å²) in [6, 6.07) is 3.16. The van der Waals surface area contributed by atoms with Crippen molar-refractivity contribution in [1.29, 1.82) is 0 Å². The number of fused-ring (bicyclic) bond motifs is 2. The van der Waals surface area contributed by atoms with Gasteiger partial charge in [0.15, 0.2) is 0 Å². The Morgan fingerprint density at radius 3 is 2.80 bits per heavy atom. The molecule has 20 heavy (non-hydrogen) atoms. The molecule has 2 fully saturated rings. The fourth-order valence-corrected chi connectivity index (χ4v) is 3.48. The molecule has 108 valence electrons. The number of hydrogen-bond acceptors (Lipinski definition) is 3. The fourth-order valence-electron chi connectivity index (χ4n) is 3.15. The Hall–Kier alpha value is -1.14. The molecule has 0 aromatic carbocycles. The van der Waals surface area contributed by atoms with Gasteiger partial charge in [-0.3, -0.25) is 4.98 Å². The van der Waals surface area contributed by atoms with E-state index >= 15 is 0 Å². The highest BCUT2D eigenvalue weighted by molar-refractivity contribution is 9.10. The molecule has 3 N–H and O–H groups in total. The summed E-state index contributed by atoms with van der Waals surface area (Å²) in [6.45, 7) is 1.88. The van der Waals surface area contributed by atoms with E-state index in [1.54, 1.807) is 6.20 Å². The summed E-state index contributed by atoms with van der Waals surface area (Å²) in [5, 5.41) is 9.54. The molecule has 2 amide bonds. The van der Waals surface area contributed by atoms with Gasteiger partial charge in [-0.15, -0.1) is 0 Å². The first-order valence-electron chi connectivity index (χ1n) is 7.06. The molecular weight excluding hydrogens is 320 g/mol. The summed E-state index contributed by atoms with van der Waals surface area (Å²) in [4.78, 5) is 16.3. The topological polar surface area (TPSA) is 66.0 Å². The molecule has 0 spiro atoms. The van der Waals surface area contributed by atoms with Crippen LogP contribution in [0.2, 0.25) is 0 Å². The largest absolute Gasteiger partial charge is 0.335 e. The molecule has 2 bridgehead atoms. The molecular formula is C14H19BrN4O. The molecule has 5 nitrogen and oxygen atoms in total. The van der Waals surface area contributed by atoms with Crippen LogP contribution in [-0.2, 0) is 0 Å². The van der Waals surface area contributed by atoms with E-state index in [4.69, 9.17) is 0 Å². The number of anilines is 1. The first-order valence-corrected chi connectivity index (χ1v) is 7.85. The van der Waals surface area contributed by atoms with Crippen molar-refractivity contribution in [2.45, 2.75) is 50.7 Å². The van der Waals surface area contributed by atoms with Crippen LogP contribution in [0, 0.1) is 6.92 Å². The Bertz CT molecular complexity index is 510. The molecule has 6 heteroatoms. The van der Waals surface area contributed by atoms with Crippen molar-refractivity contribution in [3.8, 4) is 0 Å². The van der Waals surface area contributed by atoms with Gasteiger partial charge in [-0.1, -0.05) is 0 Å². The molecule has 1 aromatic rings. The van der Waals surface area contributed by atoms with Crippen LogP contribution in [0.4, 0.5) is 10.5 Å². The smallest absolute Gasteiger partial charge is 0.319 e. The van der Waals surface area contributed by atoms with Gasteiger partial charge in [0, 0.05) is 28.8 Å². The number of nitrogens with zero attached hydrogens (tertiary/aromatic N) is 1. The van der Waals surface area contributed by atoms with Crippen LogP contribution in [0.1, 0.15) is 31.4 Å². The number of hydrogen-bond donors (Lipinski definition) is 3. The molecule has 0 saturated carbocycles. The number of aromatic nitrogens is 1. The number of nitrogens with one attached hydrogen (secondary N) is 3. The van der Waals surface area contributed by atoms with Crippen molar-refractivity contribution >= 4 is 27.6 Å². The zero-order valence-electron chi connectivity index (χ0n) is 11.4. The summed E-state index contributed by atoms with van der Waals surface area (Å²) in [7, 11) is 0. The number of carbonyl (C=O) groups is 1. The standard InChI is InChI=1S/C14H19BrN4O/c1-8-13(4-9(15)7-16-8)19-14(20)18-12-5-10-2-3-11(6-12)17-10/h4,7,10-12,17H,2-3,5-6H2,1H3,(H2,18,19,20). The summed E-state index contributed by atoms with van der Waals surface area (Å²) < 4.78 is 0.860. The van der Waals surface area contributed by atoms with Gasteiger partial charge >= 0.3 is 6.03 Å². The molecule has 3 rings (SSSR count). The molecule has 2 saturated heterocycles. The van der Waals surface area contributed by atoms with E-state index in [0.29, 0.717) is 12.1 Å². The second-order valence-corrected chi connectivity index (χ2v) is 6.61. The highest BCUT2D eigenvalue weighted by Crippen LogP contribution is 2.27. The lowest BCUT2D eigenvalue weighted by Crippen LogP contribution is -2.49.